The molecule has 0 spiro atoms. The molecule has 35 heavy (non-hydrogen) atoms. The van der Waals surface area contributed by atoms with Gasteiger partial charge in [0.05, 0.1) is 17.4 Å². The Morgan fingerprint density at radius 1 is 1.03 bits per heavy atom. The Bertz CT molecular complexity index is 1460. The van der Waals surface area contributed by atoms with Gasteiger partial charge in [0.2, 0.25) is 5.91 Å². The van der Waals surface area contributed by atoms with E-state index in [1.54, 1.807) is 22.7 Å². The van der Waals surface area contributed by atoms with Crippen LogP contribution < -0.4 is 11.1 Å². The Morgan fingerprint density at radius 3 is 2.60 bits per heavy atom. The van der Waals surface area contributed by atoms with Crippen LogP contribution in [-0.2, 0) is 23.9 Å². The first kappa shape index (κ1) is 22.6. The first-order chi connectivity index (χ1) is 16.6. The van der Waals surface area contributed by atoms with E-state index < -0.39 is 28.8 Å². The smallest absolute Gasteiger partial charge is 0.397 e. The zero-order valence-corrected chi connectivity index (χ0v) is 18.4. The molecule has 3 aromatic heterocycles. The van der Waals surface area contributed by atoms with E-state index in [4.69, 9.17) is 5.73 Å². The Balaban J connectivity index is 1.51. The number of carbonyl (C=O) groups is 1. The molecule has 0 saturated carbocycles. The monoisotopic (exact) mass is 485 g/mol. The highest BCUT2D eigenvalue weighted by Crippen LogP contribution is 2.41. The van der Waals surface area contributed by atoms with Crippen molar-refractivity contribution in [3.63, 3.8) is 0 Å². The van der Waals surface area contributed by atoms with Gasteiger partial charge < -0.3 is 16.0 Å². The van der Waals surface area contributed by atoms with Gasteiger partial charge in [-0.15, -0.1) is 0 Å². The first-order valence-electron chi connectivity index (χ1n) is 10.6. The lowest BCUT2D eigenvalue weighted by molar-refractivity contribution is -0.136. The third-order valence-corrected chi connectivity index (χ3v) is 5.89. The fraction of sp³-hybridized carbons (Fsp3) is 0.217. The van der Waals surface area contributed by atoms with Gasteiger partial charge in [-0.05, 0) is 23.6 Å². The second-order valence-corrected chi connectivity index (χ2v) is 8.27. The number of fused-ring (bicyclic) bond motifs is 2. The van der Waals surface area contributed by atoms with Crippen molar-refractivity contribution in [2.24, 2.45) is 0 Å². The molecule has 180 valence electrons. The minimum Gasteiger partial charge on any atom is -0.397 e. The summed E-state index contributed by atoms with van der Waals surface area (Å²) in [6.07, 6.45) is -0.910. The van der Waals surface area contributed by atoms with Crippen LogP contribution in [0.25, 0.3) is 21.9 Å². The molecule has 1 aliphatic rings. The molecule has 12 heteroatoms. The molecule has 5 rings (SSSR count). The van der Waals surface area contributed by atoms with Gasteiger partial charge in [0.25, 0.3) is 0 Å². The standard InChI is InChI=1S/C23H19F4N7O/c1-33-3-2-14-7-20(32-34(14)11-21(33)35)31-19-6-12-4-15(17(24)5-13(12)8-30-19)16-9-29-10-18(28)22(16)23(25,26)27/h4-10H,2-3,11,28H2,1H3,(H,30,31,32). The Labute approximate surface area is 196 Å². The van der Waals surface area contributed by atoms with Gasteiger partial charge in [-0.2, -0.15) is 18.3 Å². The number of alkyl halides is 3. The molecule has 8 nitrogen and oxygen atoms in total. The van der Waals surface area contributed by atoms with E-state index in [2.05, 4.69) is 20.4 Å². The molecule has 0 bridgehead atoms. The number of benzene rings is 1. The van der Waals surface area contributed by atoms with Crippen LogP contribution in [0.3, 0.4) is 0 Å². The first-order valence-corrected chi connectivity index (χ1v) is 10.6. The summed E-state index contributed by atoms with van der Waals surface area (Å²) in [6, 6.07) is 5.81. The average molecular weight is 485 g/mol. The van der Waals surface area contributed by atoms with Crippen LogP contribution in [0.1, 0.15) is 11.3 Å². The third kappa shape index (κ3) is 4.22. The van der Waals surface area contributed by atoms with E-state index in [0.29, 0.717) is 35.4 Å². The van der Waals surface area contributed by atoms with Crippen molar-refractivity contribution in [2.75, 3.05) is 24.6 Å². The largest absolute Gasteiger partial charge is 0.419 e. The van der Waals surface area contributed by atoms with Crippen LogP contribution in [-0.4, -0.2) is 44.1 Å². The van der Waals surface area contributed by atoms with Gasteiger partial charge in [-0.3, -0.25) is 14.5 Å². The summed E-state index contributed by atoms with van der Waals surface area (Å²) in [4.78, 5) is 21.7. The van der Waals surface area contributed by atoms with Crippen molar-refractivity contribution in [3.8, 4) is 11.1 Å². The van der Waals surface area contributed by atoms with E-state index in [9.17, 15) is 22.4 Å². The predicted molar refractivity (Wildman–Crippen MR) is 121 cm³/mol. The van der Waals surface area contributed by atoms with Gasteiger partial charge in [-0.25, -0.2) is 9.37 Å². The maximum atomic E-state index is 14.9. The number of halogens is 4. The van der Waals surface area contributed by atoms with Gasteiger partial charge in [0.1, 0.15) is 18.2 Å². The fourth-order valence-electron chi connectivity index (χ4n) is 4.08. The molecule has 0 fully saturated rings. The number of amides is 1. The quantitative estimate of drug-likeness (QED) is 0.426. The van der Waals surface area contributed by atoms with Gasteiger partial charge >= 0.3 is 6.18 Å². The number of anilines is 3. The van der Waals surface area contributed by atoms with E-state index in [0.717, 1.165) is 24.2 Å². The normalized spacial score (nSPS) is 14.2. The highest BCUT2D eigenvalue weighted by molar-refractivity contribution is 5.90. The number of nitrogens with zero attached hydrogens (tertiary/aromatic N) is 5. The topological polar surface area (TPSA) is 102 Å². The molecule has 4 heterocycles. The van der Waals surface area contributed by atoms with Crippen LogP contribution in [0.2, 0.25) is 0 Å². The molecule has 0 radical (unpaired) electrons. The maximum Gasteiger partial charge on any atom is 0.419 e. The molecular weight excluding hydrogens is 466 g/mol. The number of nitrogen functional groups attached to an aromatic ring is 1. The molecule has 4 aromatic rings. The summed E-state index contributed by atoms with van der Waals surface area (Å²) < 4.78 is 57.4. The van der Waals surface area contributed by atoms with Gasteiger partial charge in [0.15, 0.2) is 5.82 Å². The van der Waals surface area contributed by atoms with Crippen molar-refractivity contribution >= 4 is 34.0 Å². The molecule has 1 aromatic carbocycles. The second-order valence-electron chi connectivity index (χ2n) is 8.27. The molecule has 0 saturated heterocycles. The zero-order valence-electron chi connectivity index (χ0n) is 18.4. The van der Waals surface area contributed by atoms with Crippen LogP contribution >= 0.6 is 0 Å². The molecule has 1 amide bonds. The average Bonchev–Trinajstić information content (AvgIpc) is 3.10. The molecule has 0 atom stereocenters. The Hall–Kier alpha value is -4.22. The highest BCUT2D eigenvalue weighted by Gasteiger charge is 2.37. The van der Waals surface area contributed by atoms with E-state index in [-0.39, 0.29) is 18.0 Å². The van der Waals surface area contributed by atoms with Crippen LogP contribution in [0, 0.1) is 5.82 Å². The van der Waals surface area contributed by atoms with Crippen molar-refractivity contribution in [1.29, 1.82) is 0 Å². The third-order valence-electron chi connectivity index (χ3n) is 5.89. The Morgan fingerprint density at radius 2 is 1.83 bits per heavy atom. The van der Waals surface area contributed by atoms with E-state index >= 15 is 0 Å². The predicted octanol–water partition coefficient (Wildman–Crippen LogP) is 3.99. The molecular formula is C23H19F4N7O. The van der Waals surface area contributed by atoms with Crippen LogP contribution in [0.15, 0.2) is 42.9 Å². The number of nitrogens with two attached hydrogens (primary N) is 1. The molecule has 1 aliphatic heterocycles. The molecule has 0 aliphatic carbocycles. The summed E-state index contributed by atoms with van der Waals surface area (Å²) in [5.74, 6) is -0.0872. The fourth-order valence-corrected chi connectivity index (χ4v) is 4.08. The number of rotatable bonds is 3. The number of hydrogen-bond acceptors (Lipinski definition) is 6. The highest BCUT2D eigenvalue weighted by atomic mass is 19.4. The summed E-state index contributed by atoms with van der Waals surface area (Å²) in [6.45, 7) is 0.697. The maximum absolute atomic E-state index is 14.9. The van der Waals surface area contributed by atoms with E-state index in [1.165, 1.54) is 12.3 Å². The number of carbonyl (C=O) groups excluding carboxylic acids is 1. The summed E-state index contributed by atoms with van der Waals surface area (Å²) in [7, 11) is 1.74. The van der Waals surface area contributed by atoms with Crippen LogP contribution in [0.4, 0.5) is 34.9 Å². The van der Waals surface area contributed by atoms with Crippen molar-refractivity contribution < 1.29 is 22.4 Å². The lowest BCUT2D eigenvalue weighted by Crippen LogP contribution is -2.29. The summed E-state index contributed by atoms with van der Waals surface area (Å²) >= 11 is 0. The number of pyridine rings is 2. The Kier molecular flexibility index (Phi) is 5.30. The second kappa shape index (κ2) is 8.22. The van der Waals surface area contributed by atoms with Gasteiger partial charge in [-0.1, -0.05) is 0 Å². The zero-order chi connectivity index (χ0) is 24.9. The summed E-state index contributed by atoms with van der Waals surface area (Å²) in [5, 5.41) is 8.30. The number of likely N-dealkylation sites (N-methyl/N-ethyl adjacent to an activating group) is 1. The minimum absolute atomic E-state index is 0.0500. The van der Waals surface area contributed by atoms with Crippen LogP contribution in [0.5, 0.6) is 0 Å². The van der Waals surface area contributed by atoms with Gasteiger partial charge in [0, 0.05) is 60.7 Å². The van der Waals surface area contributed by atoms with Crippen molar-refractivity contribution in [1.82, 2.24) is 24.6 Å². The lowest BCUT2D eigenvalue weighted by Gasteiger charge is -2.16. The SMILES string of the molecule is CN1CCc2cc(Nc3cc4cc(-c5cncc(N)c5C(F)(F)F)c(F)cc4cn3)nn2CC1=O. The van der Waals surface area contributed by atoms with E-state index in [1.807, 2.05) is 6.07 Å². The number of nitrogens with one attached hydrogen (secondary N) is 1. The molecule has 0 unspecified atom stereocenters. The molecule has 3 N–H and O–H groups in total. The number of aromatic nitrogens is 4. The van der Waals surface area contributed by atoms with Crippen molar-refractivity contribution in [2.45, 2.75) is 19.1 Å². The van der Waals surface area contributed by atoms with Crippen molar-refractivity contribution in [3.05, 3.63) is 59.9 Å². The number of hydrogen-bond donors (Lipinski definition) is 2. The minimum atomic E-state index is -4.79. The summed E-state index contributed by atoms with van der Waals surface area (Å²) in [5.41, 5.74) is 3.95. The lowest BCUT2D eigenvalue weighted by atomic mass is 9.97.